The zero-order chi connectivity index (χ0) is 17.9. The molecule has 2 amide bonds. The number of ether oxygens (including phenoxy) is 1. The van der Waals surface area contributed by atoms with Crippen LogP contribution in [0.2, 0.25) is 0 Å². The molecule has 1 aliphatic heterocycles. The second-order valence-corrected chi connectivity index (χ2v) is 7.00. The Bertz CT molecular complexity index is 509. The van der Waals surface area contributed by atoms with Gasteiger partial charge in [-0.3, -0.25) is 14.5 Å². The van der Waals surface area contributed by atoms with Gasteiger partial charge in [0.2, 0.25) is 5.91 Å². The Hall–Kier alpha value is -1.63. The standard InChI is InChI=1S/C17H28N2O5/c1-4-12-7-5-6-11(2)17(12,23)10-18-15(21)14-8-13(20)9-19(14)16(22)24-3/h11-12,14,23H,4-10H2,1-3H3,(H,18,21)/t11-,12?,14-,17-/m0/s1. The van der Waals surface area contributed by atoms with Crippen LogP contribution in [0.15, 0.2) is 0 Å². The first-order chi connectivity index (χ1) is 11.3. The molecule has 2 aliphatic rings. The van der Waals surface area contributed by atoms with Gasteiger partial charge >= 0.3 is 6.09 Å². The summed E-state index contributed by atoms with van der Waals surface area (Å²) in [5, 5.41) is 13.8. The van der Waals surface area contributed by atoms with Crippen LogP contribution in [0.3, 0.4) is 0 Å². The molecule has 2 N–H and O–H groups in total. The van der Waals surface area contributed by atoms with E-state index >= 15 is 0 Å². The van der Waals surface area contributed by atoms with E-state index in [-0.39, 0.29) is 37.1 Å². The minimum absolute atomic E-state index is 0.00782. The number of nitrogens with zero attached hydrogens (tertiary/aromatic N) is 1. The molecule has 1 unspecified atom stereocenters. The molecule has 4 atom stereocenters. The topological polar surface area (TPSA) is 95.9 Å². The summed E-state index contributed by atoms with van der Waals surface area (Å²) in [7, 11) is 1.22. The van der Waals surface area contributed by atoms with Crippen LogP contribution in [0.25, 0.3) is 0 Å². The van der Waals surface area contributed by atoms with E-state index in [4.69, 9.17) is 0 Å². The molecule has 7 nitrogen and oxygen atoms in total. The minimum atomic E-state index is -0.943. The van der Waals surface area contributed by atoms with Gasteiger partial charge in [-0.2, -0.15) is 0 Å². The normalized spacial score (nSPS) is 33.4. The predicted octanol–water partition coefficient (Wildman–Crippen LogP) is 1.09. The number of carbonyl (C=O) groups excluding carboxylic acids is 3. The van der Waals surface area contributed by atoms with Crippen molar-refractivity contribution in [2.24, 2.45) is 11.8 Å². The summed E-state index contributed by atoms with van der Waals surface area (Å²) in [5.74, 6) is -0.342. The molecule has 2 fully saturated rings. The van der Waals surface area contributed by atoms with Gasteiger partial charge in [-0.15, -0.1) is 0 Å². The molecule has 136 valence electrons. The van der Waals surface area contributed by atoms with Crippen LogP contribution in [0.4, 0.5) is 4.79 Å². The van der Waals surface area contributed by atoms with E-state index < -0.39 is 23.6 Å². The maximum Gasteiger partial charge on any atom is 0.410 e. The number of likely N-dealkylation sites (tertiary alicyclic amines) is 1. The van der Waals surface area contributed by atoms with Crippen LogP contribution in [0.5, 0.6) is 0 Å². The summed E-state index contributed by atoms with van der Waals surface area (Å²) in [6.07, 6.45) is 3.13. The Morgan fingerprint density at radius 3 is 2.75 bits per heavy atom. The van der Waals surface area contributed by atoms with E-state index in [1.807, 2.05) is 13.8 Å². The Kier molecular flexibility index (Phi) is 5.85. The largest absolute Gasteiger partial charge is 0.453 e. The van der Waals surface area contributed by atoms with Crippen molar-refractivity contribution >= 4 is 17.8 Å². The highest BCUT2D eigenvalue weighted by molar-refractivity contribution is 5.97. The van der Waals surface area contributed by atoms with Crippen LogP contribution >= 0.6 is 0 Å². The molecule has 1 heterocycles. The smallest absolute Gasteiger partial charge is 0.410 e. The van der Waals surface area contributed by atoms with Gasteiger partial charge in [-0.1, -0.05) is 26.7 Å². The highest BCUT2D eigenvalue weighted by Crippen LogP contribution is 2.39. The third-order valence-electron chi connectivity index (χ3n) is 5.64. The zero-order valence-corrected chi connectivity index (χ0v) is 14.7. The first-order valence-electron chi connectivity index (χ1n) is 8.69. The summed E-state index contributed by atoms with van der Waals surface area (Å²) in [4.78, 5) is 37.0. The number of Topliss-reactive ketones (excluding diaryl/α,β-unsaturated/α-hetero) is 1. The number of amides is 2. The Labute approximate surface area is 142 Å². The summed E-state index contributed by atoms with van der Waals surface area (Å²) < 4.78 is 4.63. The van der Waals surface area contributed by atoms with Gasteiger partial charge in [0.1, 0.15) is 6.04 Å². The van der Waals surface area contributed by atoms with Crippen molar-refractivity contribution in [1.82, 2.24) is 10.2 Å². The van der Waals surface area contributed by atoms with Gasteiger partial charge in [0, 0.05) is 13.0 Å². The fourth-order valence-electron chi connectivity index (χ4n) is 4.03. The third kappa shape index (κ3) is 3.55. The molecular formula is C17H28N2O5. The third-order valence-corrected chi connectivity index (χ3v) is 5.64. The lowest BCUT2D eigenvalue weighted by atomic mass is 9.68. The molecule has 0 aromatic rings. The quantitative estimate of drug-likeness (QED) is 0.799. The molecule has 0 aromatic heterocycles. The number of ketones is 1. The summed E-state index contributed by atoms with van der Waals surface area (Å²) in [6.45, 7) is 4.09. The van der Waals surface area contributed by atoms with Crippen molar-refractivity contribution in [3.05, 3.63) is 0 Å². The molecule has 0 spiro atoms. The van der Waals surface area contributed by atoms with Crippen molar-refractivity contribution in [2.75, 3.05) is 20.2 Å². The molecule has 0 bridgehead atoms. The van der Waals surface area contributed by atoms with Crippen molar-refractivity contribution in [3.63, 3.8) is 0 Å². The Morgan fingerprint density at radius 2 is 2.12 bits per heavy atom. The highest BCUT2D eigenvalue weighted by atomic mass is 16.5. The second-order valence-electron chi connectivity index (χ2n) is 7.00. The van der Waals surface area contributed by atoms with Gasteiger partial charge in [0.05, 0.1) is 19.3 Å². The fourth-order valence-corrected chi connectivity index (χ4v) is 4.03. The summed E-state index contributed by atoms with van der Waals surface area (Å²) >= 11 is 0. The second kappa shape index (κ2) is 7.51. The van der Waals surface area contributed by atoms with Gasteiger partial charge < -0.3 is 15.2 Å². The lowest BCUT2D eigenvalue weighted by molar-refractivity contribution is -0.130. The van der Waals surface area contributed by atoms with E-state index in [1.54, 1.807) is 0 Å². The monoisotopic (exact) mass is 340 g/mol. The molecule has 2 rings (SSSR count). The number of hydrogen-bond donors (Lipinski definition) is 2. The van der Waals surface area contributed by atoms with Gasteiger partial charge in [0.15, 0.2) is 5.78 Å². The number of carbonyl (C=O) groups is 3. The molecule has 1 saturated carbocycles. The maximum atomic E-state index is 12.5. The van der Waals surface area contributed by atoms with Gasteiger partial charge in [-0.05, 0) is 24.7 Å². The average Bonchev–Trinajstić information content (AvgIpc) is 2.96. The van der Waals surface area contributed by atoms with Crippen LogP contribution < -0.4 is 5.32 Å². The molecule has 7 heteroatoms. The highest BCUT2D eigenvalue weighted by Gasteiger charge is 2.45. The molecule has 24 heavy (non-hydrogen) atoms. The molecule has 0 aromatic carbocycles. The summed E-state index contributed by atoms with van der Waals surface area (Å²) in [6, 6.07) is -0.854. The van der Waals surface area contributed by atoms with Gasteiger partial charge in [0.25, 0.3) is 0 Å². The van der Waals surface area contributed by atoms with E-state index in [1.165, 1.54) is 7.11 Å². The van der Waals surface area contributed by atoms with Crippen LogP contribution in [-0.4, -0.2) is 59.6 Å². The average molecular weight is 340 g/mol. The zero-order valence-electron chi connectivity index (χ0n) is 14.7. The SMILES string of the molecule is CCC1CCC[C@H](C)[C@@]1(O)CNC(=O)[C@@H]1CC(=O)CN1C(=O)OC. The van der Waals surface area contributed by atoms with Crippen molar-refractivity contribution in [1.29, 1.82) is 0 Å². The first-order valence-corrected chi connectivity index (χ1v) is 8.69. The number of hydrogen-bond acceptors (Lipinski definition) is 5. The fraction of sp³-hybridized carbons (Fsp3) is 0.824. The number of aliphatic hydroxyl groups is 1. The van der Waals surface area contributed by atoms with Crippen molar-refractivity contribution in [3.8, 4) is 0 Å². The molecule has 0 radical (unpaired) electrons. The van der Waals surface area contributed by atoms with E-state index in [0.717, 1.165) is 30.6 Å². The van der Waals surface area contributed by atoms with Crippen LogP contribution in [0.1, 0.15) is 46.0 Å². The lowest BCUT2D eigenvalue weighted by Gasteiger charge is -2.44. The molecular weight excluding hydrogens is 312 g/mol. The number of methoxy groups -OCH3 is 1. The first kappa shape index (κ1) is 18.7. The Balaban J connectivity index is 2.03. The van der Waals surface area contributed by atoms with E-state index in [2.05, 4.69) is 10.1 Å². The minimum Gasteiger partial charge on any atom is -0.453 e. The van der Waals surface area contributed by atoms with Crippen molar-refractivity contribution in [2.45, 2.75) is 57.6 Å². The van der Waals surface area contributed by atoms with E-state index in [9.17, 15) is 19.5 Å². The number of nitrogens with one attached hydrogen (secondary N) is 1. The Morgan fingerprint density at radius 1 is 1.42 bits per heavy atom. The molecule has 1 saturated heterocycles. The van der Waals surface area contributed by atoms with Crippen LogP contribution in [-0.2, 0) is 14.3 Å². The predicted molar refractivity (Wildman–Crippen MR) is 87.3 cm³/mol. The lowest BCUT2D eigenvalue weighted by Crippen LogP contribution is -2.56. The van der Waals surface area contributed by atoms with E-state index in [0.29, 0.717) is 0 Å². The summed E-state index contributed by atoms with van der Waals surface area (Å²) in [5.41, 5.74) is -0.943. The number of rotatable bonds is 4. The van der Waals surface area contributed by atoms with Crippen molar-refractivity contribution < 1.29 is 24.2 Å². The van der Waals surface area contributed by atoms with Gasteiger partial charge in [-0.25, -0.2) is 4.79 Å². The molecule has 1 aliphatic carbocycles. The maximum absolute atomic E-state index is 12.5. The van der Waals surface area contributed by atoms with Crippen LogP contribution in [0, 0.1) is 11.8 Å².